The summed E-state index contributed by atoms with van der Waals surface area (Å²) in [6, 6.07) is 11.1. The molecule has 2 rings (SSSR count). The maximum atomic E-state index is 13.3. The molecule has 17 heavy (non-hydrogen) atoms. The zero-order valence-corrected chi connectivity index (χ0v) is 9.32. The van der Waals surface area contributed by atoms with Crippen LogP contribution in [0.25, 0.3) is 0 Å². The van der Waals surface area contributed by atoms with E-state index in [1.54, 1.807) is 12.1 Å². The van der Waals surface area contributed by atoms with E-state index in [0.29, 0.717) is 5.69 Å². The molecule has 0 saturated heterocycles. The van der Waals surface area contributed by atoms with Crippen LogP contribution in [0.1, 0.15) is 11.1 Å². The maximum Gasteiger partial charge on any atom is 0.134 e. The lowest BCUT2D eigenvalue weighted by atomic mass is 10.2. The van der Waals surface area contributed by atoms with Gasteiger partial charge in [-0.05, 0) is 31.2 Å². The van der Waals surface area contributed by atoms with Crippen LogP contribution < -0.4 is 0 Å². The summed E-state index contributed by atoms with van der Waals surface area (Å²) in [4.78, 5) is 4.03. The normalized spacial score (nSPS) is 11.0. The lowest BCUT2D eigenvalue weighted by Gasteiger charge is -1.98. The Labute approximate surface area is 98.4 Å². The van der Waals surface area contributed by atoms with Crippen LogP contribution in [-0.2, 0) is 0 Å². The first-order valence-corrected chi connectivity index (χ1v) is 5.21. The predicted octanol–water partition coefficient (Wildman–Crippen LogP) is 4.02. The second-order valence-electron chi connectivity index (χ2n) is 3.73. The second-order valence-corrected chi connectivity index (χ2v) is 3.73. The summed E-state index contributed by atoms with van der Waals surface area (Å²) in [7, 11) is 0. The monoisotopic (exact) mass is 231 g/mol. The van der Waals surface area contributed by atoms with Crippen molar-refractivity contribution in [3.05, 3.63) is 65.2 Å². The van der Waals surface area contributed by atoms with Gasteiger partial charge in [0.25, 0.3) is 0 Å². The molecule has 0 atom stereocenters. The third-order valence-electron chi connectivity index (χ3n) is 2.38. The number of aryl methyl sites for hydroxylation is 1. The fraction of sp³-hybridized carbons (Fsp3) is 0.0714. The van der Waals surface area contributed by atoms with Crippen molar-refractivity contribution in [1.82, 2.24) is 0 Å². The second kappa shape index (κ2) is 4.87. The summed E-state index contributed by atoms with van der Waals surface area (Å²) in [6.07, 6.45) is 1.20. The molecule has 86 valence electrons. The molecule has 0 aliphatic heterocycles. The van der Waals surface area contributed by atoms with E-state index in [4.69, 9.17) is 0 Å². The van der Waals surface area contributed by atoms with E-state index in [1.807, 2.05) is 19.1 Å². The summed E-state index contributed by atoms with van der Waals surface area (Å²) < 4.78 is 26.6. The summed E-state index contributed by atoms with van der Waals surface area (Å²) in [6.45, 7) is 1.96. The van der Waals surface area contributed by atoms with Gasteiger partial charge in [-0.15, -0.1) is 0 Å². The van der Waals surface area contributed by atoms with Gasteiger partial charge < -0.3 is 0 Å². The highest BCUT2D eigenvalue weighted by Crippen LogP contribution is 2.14. The number of hydrogen-bond acceptors (Lipinski definition) is 1. The van der Waals surface area contributed by atoms with Crippen molar-refractivity contribution < 1.29 is 8.78 Å². The molecule has 0 saturated carbocycles. The highest BCUT2D eigenvalue weighted by Gasteiger charge is 2.04. The van der Waals surface area contributed by atoms with Gasteiger partial charge in [-0.2, -0.15) is 0 Å². The number of halogens is 2. The summed E-state index contributed by atoms with van der Waals surface area (Å²) in [5.74, 6) is -1.22. The Morgan fingerprint density at radius 3 is 2.12 bits per heavy atom. The highest BCUT2D eigenvalue weighted by atomic mass is 19.1. The van der Waals surface area contributed by atoms with Crippen LogP contribution in [-0.4, -0.2) is 6.21 Å². The predicted molar refractivity (Wildman–Crippen MR) is 64.8 cm³/mol. The SMILES string of the molecule is Cc1ccc(/N=C/c2c(F)cccc2F)cc1. The molecule has 0 fully saturated rings. The van der Waals surface area contributed by atoms with Crippen LogP contribution in [0, 0.1) is 18.6 Å². The Morgan fingerprint density at radius 2 is 1.53 bits per heavy atom. The molecule has 0 heterocycles. The number of nitrogens with zero attached hydrogens (tertiary/aromatic N) is 1. The average molecular weight is 231 g/mol. The molecule has 0 bridgehead atoms. The Morgan fingerprint density at radius 1 is 0.941 bits per heavy atom. The van der Waals surface area contributed by atoms with Gasteiger partial charge in [0.1, 0.15) is 11.6 Å². The third kappa shape index (κ3) is 2.75. The van der Waals surface area contributed by atoms with Crippen LogP contribution in [0.3, 0.4) is 0 Å². The molecule has 0 unspecified atom stereocenters. The van der Waals surface area contributed by atoms with Gasteiger partial charge in [0.05, 0.1) is 11.3 Å². The fourth-order valence-electron chi connectivity index (χ4n) is 1.40. The molecule has 0 spiro atoms. The Kier molecular flexibility index (Phi) is 3.28. The summed E-state index contributed by atoms with van der Waals surface area (Å²) in [5.41, 5.74) is 1.66. The van der Waals surface area contributed by atoms with E-state index < -0.39 is 11.6 Å². The smallest absolute Gasteiger partial charge is 0.134 e. The van der Waals surface area contributed by atoms with Crippen LogP contribution in [0.15, 0.2) is 47.5 Å². The molecule has 0 aliphatic rings. The first kappa shape index (κ1) is 11.5. The Bertz CT molecular complexity index is 524. The van der Waals surface area contributed by atoms with E-state index in [-0.39, 0.29) is 5.56 Å². The molecule has 3 heteroatoms. The Hall–Kier alpha value is -2.03. The molecule has 2 aromatic rings. The highest BCUT2D eigenvalue weighted by molar-refractivity contribution is 5.82. The lowest BCUT2D eigenvalue weighted by Crippen LogP contribution is -1.92. The van der Waals surface area contributed by atoms with Gasteiger partial charge in [-0.3, -0.25) is 4.99 Å². The molecular formula is C14H11F2N. The zero-order valence-electron chi connectivity index (χ0n) is 9.32. The van der Waals surface area contributed by atoms with E-state index in [0.717, 1.165) is 5.56 Å². The van der Waals surface area contributed by atoms with E-state index in [2.05, 4.69) is 4.99 Å². The topological polar surface area (TPSA) is 12.4 Å². The minimum Gasteiger partial charge on any atom is -0.256 e. The molecule has 0 radical (unpaired) electrons. The minimum atomic E-state index is -0.610. The van der Waals surface area contributed by atoms with Crippen molar-refractivity contribution in [1.29, 1.82) is 0 Å². The van der Waals surface area contributed by atoms with Gasteiger partial charge in [-0.1, -0.05) is 23.8 Å². The summed E-state index contributed by atoms with van der Waals surface area (Å²) in [5, 5.41) is 0. The van der Waals surface area contributed by atoms with Gasteiger partial charge >= 0.3 is 0 Å². The van der Waals surface area contributed by atoms with Crippen LogP contribution in [0.5, 0.6) is 0 Å². The summed E-state index contributed by atoms with van der Waals surface area (Å²) >= 11 is 0. The molecule has 1 nitrogen and oxygen atoms in total. The average Bonchev–Trinajstić information content (AvgIpc) is 2.31. The molecule has 2 aromatic carbocycles. The minimum absolute atomic E-state index is 0.118. The number of benzene rings is 2. The van der Waals surface area contributed by atoms with Crippen molar-refractivity contribution in [2.45, 2.75) is 6.92 Å². The maximum absolute atomic E-state index is 13.3. The van der Waals surface area contributed by atoms with Gasteiger partial charge in [0.15, 0.2) is 0 Å². The van der Waals surface area contributed by atoms with Crippen LogP contribution >= 0.6 is 0 Å². The van der Waals surface area contributed by atoms with Crippen molar-refractivity contribution >= 4 is 11.9 Å². The third-order valence-corrected chi connectivity index (χ3v) is 2.38. The van der Waals surface area contributed by atoms with Crippen LogP contribution in [0.2, 0.25) is 0 Å². The zero-order chi connectivity index (χ0) is 12.3. The van der Waals surface area contributed by atoms with Gasteiger partial charge in [0.2, 0.25) is 0 Å². The van der Waals surface area contributed by atoms with E-state index in [1.165, 1.54) is 24.4 Å². The number of rotatable bonds is 2. The number of aliphatic imine (C=N–C) groups is 1. The van der Waals surface area contributed by atoms with Crippen molar-refractivity contribution in [2.24, 2.45) is 4.99 Å². The van der Waals surface area contributed by atoms with E-state index in [9.17, 15) is 8.78 Å². The standard InChI is InChI=1S/C14H11F2N/c1-10-5-7-11(8-6-10)17-9-12-13(15)3-2-4-14(12)16/h2-9H,1H3/b17-9+. The molecular weight excluding hydrogens is 220 g/mol. The largest absolute Gasteiger partial charge is 0.256 e. The molecule has 0 aromatic heterocycles. The fourth-order valence-corrected chi connectivity index (χ4v) is 1.40. The van der Waals surface area contributed by atoms with Gasteiger partial charge in [0, 0.05) is 6.21 Å². The lowest BCUT2D eigenvalue weighted by molar-refractivity contribution is 0.580. The van der Waals surface area contributed by atoms with Crippen molar-refractivity contribution in [3.8, 4) is 0 Å². The Balaban J connectivity index is 2.29. The van der Waals surface area contributed by atoms with E-state index >= 15 is 0 Å². The first-order valence-electron chi connectivity index (χ1n) is 5.21. The first-order chi connectivity index (χ1) is 8.16. The number of hydrogen-bond donors (Lipinski definition) is 0. The van der Waals surface area contributed by atoms with Gasteiger partial charge in [-0.25, -0.2) is 8.78 Å². The molecule has 0 aliphatic carbocycles. The van der Waals surface area contributed by atoms with Crippen LogP contribution in [0.4, 0.5) is 14.5 Å². The van der Waals surface area contributed by atoms with Crippen molar-refractivity contribution in [2.75, 3.05) is 0 Å². The molecule has 0 amide bonds. The van der Waals surface area contributed by atoms with Crippen molar-refractivity contribution in [3.63, 3.8) is 0 Å². The molecule has 0 N–H and O–H groups in total. The quantitative estimate of drug-likeness (QED) is 0.692.